The van der Waals surface area contributed by atoms with Crippen molar-refractivity contribution in [2.45, 2.75) is 59.2 Å². The number of hydrogen-bond donors (Lipinski definition) is 1. The van der Waals surface area contributed by atoms with E-state index in [4.69, 9.17) is 0 Å². The first-order valence-corrected chi connectivity index (χ1v) is 5.97. The molecule has 0 aromatic carbocycles. The van der Waals surface area contributed by atoms with E-state index in [2.05, 4.69) is 56.0 Å². The van der Waals surface area contributed by atoms with Crippen molar-refractivity contribution in [3.05, 3.63) is 24.0 Å². The van der Waals surface area contributed by atoms with E-state index in [0.29, 0.717) is 0 Å². The van der Waals surface area contributed by atoms with Gasteiger partial charge in [-0.1, -0.05) is 13.3 Å². The summed E-state index contributed by atoms with van der Waals surface area (Å²) in [5.41, 5.74) is 1.63. The molecule has 0 radical (unpaired) electrons. The van der Waals surface area contributed by atoms with E-state index in [1.165, 1.54) is 18.4 Å². The summed E-state index contributed by atoms with van der Waals surface area (Å²) >= 11 is 0. The Morgan fingerprint density at radius 3 is 2.60 bits per heavy atom. The summed E-state index contributed by atoms with van der Waals surface area (Å²) in [5.74, 6) is 0. The molecular formula is C13H24N2. The molecule has 2 nitrogen and oxygen atoms in total. The molecule has 0 saturated carbocycles. The Hall–Kier alpha value is -0.760. The minimum absolute atomic E-state index is 0.253. The highest BCUT2D eigenvalue weighted by molar-refractivity contribution is 5.10. The van der Waals surface area contributed by atoms with E-state index in [1.807, 2.05) is 0 Å². The highest BCUT2D eigenvalue weighted by atomic mass is 15.0. The van der Waals surface area contributed by atoms with Crippen molar-refractivity contribution in [2.24, 2.45) is 0 Å². The van der Waals surface area contributed by atoms with Crippen molar-refractivity contribution >= 4 is 0 Å². The summed E-state index contributed by atoms with van der Waals surface area (Å²) < 4.78 is 2.21. The molecule has 0 fully saturated rings. The Morgan fingerprint density at radius 1 is 1.33 bits per heavy atom. The fourth-order valence-electron chi connectivity index (χ4n) is 1.85. The molecule has 15 heavy (non-hydrogen) atoms. The van der Waals surface area contributed by atoms with Crippen LogP contribution in [-0.2, 0) is 13.1 Å². The Balaban J connectivity index is 2.42. The molecule has 0 unspecified atom stereocenters. The van der Waals surface area contributed by atoms with Gasteiger partial charge in [0.2, 0.25) is 0 Å². The Morgan fingerprint density at radius 2 is 2.07 bits per heavy atom. The van der Waals surface area contributed by atoms with Crippen LogP contribution in [0.3, 0.4) is 0 Å². The maximum atomic E-state index is 3.60. The third-order valence-corrected chi connectivity index (χ3v) is 2.82. The SMILES string of the molecule is CCCC(C)(C)NCc1ccn(CC)c1. The van der Waals surface area contributed by atoms with Crippen LogP contribution in [-0.4, -0.2) is 10.1 Å². The van der Waals surface area contributed by atoms with Crippen LogP contribution in [0.5, 0.6) is 0 Å². The molecule has 0 aliphatic rings. The molecule has 0 aliphatic carbocycles. The number of nitrogens with zero attached hydrogens (tertiary/aromatic N) is 1. The number of rotatable bonds is 6. The summed E-state index contributed by atoms with van der Waals surface area (Å²) in [5, 5.41) is 3.60. The number of nitrogens with one attached hydrogen (secondary N) is 1. The lowest BCUT2D eigenvalue weighted by Gasteiger charge is -2.25. The third-order valence-electron chi connectivity index (χ3n) is 2.82. The molecule has 0 atom stereocenters. The molecule has 0 bridgehead atoms. The van der Waals surface area contributed by atoms with E-state index in [0.717, 1.165) is 13.1 Å². The van der Waals surface area contributed by atoms with E-state index < -0.39 is 0 Å². The van der Waals surface area contributed by atoms with E-state index in [1.54, 1.807) is 0 Å². The van der Waals surface area contributed by atoms with Gasteiger partial charge >= 0.3 is 0 Å². The number of aryl methyl sites for hydroxylation is 1. The first kappa shape index (κ1) is 12.3. The van der Waals surface area contributed by atoms with Crippen LogP contribution in [0.4, 0.5) is 0 Å². The second-order valence-corrected chi connectivity index (χ2v) is 4.84. The minimum Gasteiger partial charge on any atom is -0.354 e. The summed E-state index contributed by atoms with van der Waals surface area (Å²) in [6, 6.07) is 2.19. The van der Waals surface area contributed by atoms with Crippen molar-refractivity contribution < 1.29 is 0 Å². The quantitative estimate of drug-likeness (QED) is 0.760. The van der Waals surface area contributed by atoms with E-state index >= 15 is 0 Å². The molecule has 1 heterocycles. The maximum Gasteiger partial charge on any atom is 0.0225 e. The van der Waals surface area contributed by atoms with Gasteiger partial charge in [0.15, 0.2) is 0 Å². The van der Waals surface area contributed by atoms with Crippen LogP contribution < -0.4 is 5.32 Å². The minimum atomic E-state index is 0.253. The first-order chi connectivity index (χ1) is 7.07. The van der Waals surface area contributed by atoms with Gasteiger partial charge in [-0.3, -0.25) is 0 Å². The average Bonchev–Trinajstić information content (AvgIpc) is 2.62. The molecule has 0 aliphatic heterocycles. The molecule has 0 amide bonds. The van der Waals surface area contributed by atoms with Gasteiger partial charge in [-0.05, 0) is 38.8 Å². The number of aromatic nitrogens is 1. The fraction of sp³-hybridized carbons (Fsp3) is 0.692. The smallest absolute Gasteiger partial charge is 0.0225 e. The van der Waals surface area contributed by atoms with Gasteiger partial charge in [0.25, 0.3) is 0 Å². The largest absolute Gasteiger partial charge is 0.354 e. The normalized spacial score (nSPS) is 12.0. The molecule has 86 valence electrons. The standard InChI is InChI=1S/C13H24N2/c1-5-8-13(3,4)14-10-12-7-9-15(6-2)11-12/h7,9,11,14H,5-6,8,10H2,1-4H3. The van der Waals surface area contributed by atoms with Gasteiger partial charge in [0.1, 0.15) is 0 Å². The summed E-state index contributed by atoms with van der Waals surface area (Å²) in [6.45, 7) is 11.0. The van der Waals surface area contributed by atoms with Crippen LogP contribution in [0, 0.1) is 0 Å². The molecule has 1 aromatic rings. The van der Waals surface area contributed by atoms with Crippen molar-refractivity contribution in [1.82, 2.24) is 9.88 Å². The van der Waals surface area contributed by atoms with E-state index in [9.17, 15) is 0 Å². The van der Waals surface area contributed by atoms with E-state index in [-0.39, 0.29) is 5.54 Å². The average molecular weight is 208 g/mol. The van der Waals surface area contributed by atoms with Crippen LogP contribution in [0.15, 0.2) is 18.5 Å². The van der Waals surface area contributed by atoms with Crippen molar-refractivity contribution in [3.8, 4) is 0 Å². The Labute approximate surface area is 93.7 Å². The number of hydrogen-bond acceptors (Lipinski definition) is 1. The molecule has 0 spiro atoms. The van der Waals surface area contributed by atoms with Crippen LogP contribution in [0.1, 0.15) is 46.1 Å². The Kier molecular flexibility index (Phi) is 4.40. The van der Waals surface area contributed by atoms with Crippen molar-refractivity contribution in [1.29, 1.82) is 0 Å². The van der Waals surface area contributed by atoms with Gasteiger partial charge in [0, 0.05) is 31.0 Å². The zero-order chi connectivity index (χ0) is 11.3. The van der Waals surface area contributed by atoms with Gasteiger partial charge in [-0.2, -0.15) is 0 Å². The predicted octanol–water partition coefficient (Wildman–Crippen LogP) is 3.18. The van der Waals surface area contributed by atoms with Gasteiger partial charge in [0.05, 0.1) is 0 Å². The van der Waals surface area contributed by atoms with Gasteiger partial charge < -0.3 is 9.88 Å². The second kappa shape index (κ2) is 5.36. The summed E-state index contributed by atoms with van der Waals surface area (Å²) in [4.78, 5) is 0. The lowest BCUT2D eigenvalue weighted by atomic mass is 9.99. The van der Waals surface area contributed by atoms with Crippen LogP contribution in [0.25, 0.3) is 0 Å². The zero-order valence-corrected chi connectivity index (χ0v) is 10.5. The third kappa shape index (κ3) is 4.08. The van der Waals surface area contributed by atoms with Gasteiger partial charge in [-0.15, -0.1) is 0 Å². The zero-order valence-electron chi connectivity index (χ0n) is 10.5. The Bertz CT molecular complexity index is 286. The first-order valence-electron chi connectivity index (χ1n) is 5.97. The monoisotopic (exact) mass is 208 g/mol. The van der Waals surface area contributed by atoms with Crippen LogP contribution in [0.2, 0.25) is 0 Å². The fourth-order valence-corrected chi connectivity index (χ4v) is 1.85. The molecule has 1 aromatic heterocycles. The van der Waals surface area contributed by atoms with Crippen molar-refractivity contribution in [3.63, 3.8) is 0 Å². The summed E-state index contributed by atoms with van der Waals surface area (Å²) in [6.07, 6.45) is 6.82. The predicted molar refractivity (Wildman–Crippen MR) is 65.9 cm³/mol. The van der Waals surface area contributed by atoms with Crippen molar-refractivity contribution in [2.75, 3.05) is 0 Å². The molecule has 1 rings (SSSR count). The molecule has 1 N–H and O–H groups in total. The molecule has 0 saturated heterocycles. The van der Waals surface area contributed by atoms with Gasteiger partial charge in [-0.25, -0.2) is 0 Å². The second-order valence-electron chi connectivity index (χ2n) is 4.84. The molecule has 2 heteroatoms. The maximum absolute atomic E-state index is 3.60. The lowest BCUT2D eigenvalue weighted by Crippen LogP contribution is -2.38. The summed E-state index contributed by atoms with van der Waals surface area (Å²) in [7, 11) is 0. The highest BCUT2D eigenvalue weighted by Gasteiger charge is 2.14. The lowest BCUT2D eigenvalue weighted by molar-refractivity contribution is 0.357. The van der Waals surface area contributed by atoms with Crippen LogP contribution >= 0.6 is 0 Å². The molecular weight excluding hydrogens is 184 g/mol. The topological polar surface area (TPSA) is 17.0 Å². The highest BCUT2D eigenvalue weighted by Crippen LogP contribution is 2.12.